The van der Waals surface area contributed by atoms with Gasteiger partial charge in [0.05, 0.1) is 10.5 Å². The van der Waals surface area contributed by atoms with Crippen LogP contribution in [-0.4, -0.2) is 52.1 Å². The summed E-state index contributed by atoms with van der Waals surface area (Å²) in [6.45, 7) is 4.45. The number of nitrogens with zero attached hydrogens (tertiary/aromatic N) is 3. The van der Waals surface area contributed by atoms with Crippen LogP contribution in [0.5, 0.6) is 0 Å². The van der Waals surface area contributed by atoms with Gasteiger partial charge in [-0.2, -0.15) is 0 Å². The van der Waals surface area contributed by atoms with E-state index in [-0.39, 0.29) is 17.0 Å². The lowest BCUT2D eigenvalue weighted by molar-refractivity contribution is -0.385. The number of nitro groups is 1. The molecule has 0 saturated carbocycles. The third-order valence-electron chi connectivity index (χ3n) is 3.98. The normalized spacial score (nSPS) is 13.2. The molecule has 0 atom stereocenters. The number of hydrogen-bond acceptors (Lipinski definition) is 5. The van der Waals surface area contributed by atoms with Crippen LogP contribution in [0, 0.1) is 10.1 Å². The monoisotopic (exact) mass is 333 g/mol. The first kappa shape index (κ1) is 17.6. The van der Waals surface area contributed by atoms with E-state index in [9.17, 15) is 24.5 Å². The van der Waals surface area contributed by atoms with Gasteiger partial charge in [0.2, 0.25) is 5.91 Å². The predicted octanol–water partition coefficient (Wildman–Crippen LogP) is 1.84. The zero-order valence-corrected chi connectivity index (χ0v) is 13.7. The van der Waals surface area contributed by atoms with Crippen LogP contribution in [0.2, 0.25) is 0 Å². The second-order valence-electron chi connectivity index (χ2n) is 5.48. The van der Waals surface area contributed by atoms with Crippen molar-refractivity contribution in [3.63, 3.8) is 0 Å². The van der Waals surface area contributed by atoms with Gasteiger partial charge in [-0.05, 0) is 19.4 Å². The lowest BCUT2D eigenvalue weighted by Crippen LogP contribution is -2.43. The van der Waals surface area contributed by atoms with Gasteiger partial charge in [0.15, 0.2) is 0 Å². The van der Waals surface area contributed by atoms with Crippen LogP contribution >= 0.6 is 0 Å². The molecule has 0 aromatic heterocycles. The molecule has 1 aromatic rings. The first-order valence-electron chi connectivity index (χ1n) is 7.83. The molecule has 1 aromatic carbocycles. The Bertz CT molecular complexity index is 701. The minimum atomic E-state index is -0.790. The predicted molar refractivity (Wildman–Crippen MR) is 85.6 cm³/mol. The first-order chi connectivity index (χ1) is 11.4. The molecule has 1 heterocycles. The van der Waals surface area contributed by atoms with Crippen LogP contribution in [0.1, 0.15) is 47.4 Å². The second kappa shape index (κ2) is 7.20. The fourth-order valence-electron chi connectivity index (χ4n) is 2.65. The SMILES string of the molecule is CCCCN(CC)C(=O)CN1C(=O)c2cccc([N+](=O)[O-])c2C1=O. The van der Waals surface area contributed by atoms with Gasteiger partial charge < -0.3 is 4.90 Å². The molecule has 0 unspecified atom stereocenters. The van der Waals surface area contributed by atoms with Crippen molar-refractivity contribution in [2.24, 2.45) is 0 Å². The van der Waals surface area contributed by atoms with Crippen molar-refractivity contribution in [1.82, 2.24) is 9.80 Å². The topological polar surface area (TPSA) is 101 Å². The van der Waals surface area contributed by atoms with E-state index in [0.29, 0.717) is 13.1 Å². The summed E-state index contributed by atoms with van der Waals surface area (Å²) in [5.74, 6) is -1.80. The third-order valence-corrected chi connectivity index (χ3v) is 3.98. The van der Waals surface area contributed by atoms with Gasteiger partial charge in [0, 0.05) is 19.2 Å². The minimum Gasteiger partial charge on any atom is -0.341 e. The second-order valence-corrected chi connectivity index (χ2v) is 5.48. The quantitative estimate of drug-likeness (QED) is 0.430. The summed E-state index contributed by atoms with van der Waals surface area (Å²) >= 11 is 0. The van der Waals surface area contributed by atoms with E-state index < -0.39 is 29.0 Å². The third kappa shape index (κ3) is 3.12. The summed E-state index contributed by atoms with van der Waals surface area (Å²) in [4.78, 5) is 49.8. The fraction of sp³-hybridized carbons (Fsp3) is 0.438. The zero-order chi connectivity index (χ0) is 17.9. The molecule has 0 fully saturated rings. The highest BCUT2D eigenvalue weighted by Crippen LogP contribution is 2.30. The number of fused-ring (bicyclic) bond motifs is 1. The Labute approximate surface area is 139 Å². The Morgan fingerprint density at radius 3 is 2.54 bits per heavy atom. The molecule has 0 saturated heterocycles. The molecule has 24 heavy (non-hydrogen) atoms. The molecule has 0 radical (unpaired) electrons. The van der Waals surface area contributed by atoms with Gasteiger partial charge >= 0.3 is 0 Å². The highest BCUT2D eigenvalue weighted by atomic mass is 16.6. The summed E-state index contributed by atoms with van der Waals surface area (Å²) in [6, 6.07) is 3.89. The molecule has 2 rings (SSSR count). The molecule has 0 aliphatic carbocycles. The van der Waals surface area contributed by atoms with Gasteiger partial charge in [-0.3, -0.25) is 29.4 Å². The van der Waals surface area contributed by atoms with Crippen LogP contribution in [-0.2, 0) is 4.79 Å². The van der Waals surface area contributed by atoms with E-state index in [0.717, 1.165) is 17.7 Å². The first-order valence-corrected chi connectivity index (χ1v) is 7.83. The zero-order valence-electron chi connectivity index (χ0n) is 13.7. The highest BCUT2D eigenvalue weighted by molar-refractivity contribution is 6.24. The minimum absolute atomic E-state index is 0.0291. The standard InChI is InChI=1S/C16H19N3O5/c1-3-5-9-17(4-2)13(20)10-18-15(21)11-7-6-8-12(19(23)24)14(11)16(18)22/h6-8H,3-5,9-10H2,1-2H3. The fourth-order valence-corrected chi connectivity index (χ4v) is 2.65. The molecule has 1 aliphatic heterocycles. The number of likely N-dealkylation sites (N-methyl/N-ethyl adjacent to an activating group) is 1. The van der Waals surface area contributed by atoms with Crippen LogP contribution in [0.25, 0.3) is 0 Å². The van der Waals surface area contributed by atoms with E-state index in [1.54, 1.807) is 4.90 Å². The van der Waals surface area contributed by atoms with E-state index in [1.165, 1.54) is 18.2 Å². The van der Waals surface area contributed by atoms with E-state index in [1.807, 2.05) is 13.8 Å². The molecule has 0 N–H and O–H groups in total. The number of hydrogen-bond donors (Lipinski definition) is 0. The molecular weight excluding hydrogens is 314 g/mol. The van der Waals surface area contributed by atoms with E-state index in [4.69, 9.17) is 0 Å². The Morgan fingerprint density at radius 1 is 1.25 bits per heavy atom. The maximum Gasteiger partial charge on any atom is 0.282 e. The number of imide groups is 1. The molecule has 0 bridgehead atoms. The van der Waals surface area contributed by atoms with Crippen molar-refractivity contribution in [3.05, 3.63) is 39.4 Å². The van der Waals surface area contributed by atoms with Crippen LogP contribution in [0.15, 0.2) is 18.2 Å². The lowest BCUT2D eigenvalue weighted by atomic mass is 10.1. The Hall–Kier alpha value is -2.77. The molecule has 128 valence electrons. The van der Waals surface area contributed by atoms with Gasteiger partial charge in [-0.25, -0.2) is 0 Å². The van der Waals surface area contributed by atoms with Gasteiger partial charge in [0.1, 0.15) is 12.1 Å². The van der Waals surface area contributed by atoms with Crippen molar-refractivity contribution in [1.29, 1.82) is 0 Å². The molecule has 8 heteroatoms. The summed E-state index contributed by atoms with van der Waals surface area (Å²) in [7, 11) is 0. The van der Waals surface area contributed by atoms with Crippen molar-refractivity contribution < 1.29 is 19.3 Å². The summed E-state index contributed by atoms with van der Waals surface area (Å²) in [5.41, 5.74) is -0.686. The summed E-state index contributed by atoms with van der Waals surface area (Å²) in [6.07, 6.45) is 1.75. The van der Waals surface area contributed by atoms with Crippen molar-refractivity contribution in [3.8, 4) is 0 Å². The van der Waals surface area contributed by atoms with Crippen LogP contribution in [0.4, 0.5) is 5.69 Å². The summed E-state index contributed by atoms with van der Waals surface area (Å²) < 4.78 is 0. The lowest BCUT2D eigenvalue weighted by Gasteiger charge is -2.23. The van der Waals surface area contributed by atoms with Gasteiger partial charge in [-0.1, -0.05) is 19.4 Å². The number of amides is 3. The molecule has 1 aliphatic rings. The molecule has 3 amide bonds. The maximum absolute atomic E-state index is 12.4. The molecular formula is C16H19N3O5. The van der Waals surface area contributed by atoms with Crippen LogP contribution < -0.4 is 0 Å². The van der Waals surface area contributed by atoms with Crippen LogP contribution in [0.3, 0.4) is 0 Å². The maximum atomic E-state index is 12.4. The van der Waals surface area contributed by atoms with Crippen molar-refractivity contribution in [2.75, 3.05) is 19.6 Å². The largest absolute Gasteiger partial charge is 0.341 e. The van der Waals surface area contributed by atoms with E-state index in [2.05, 4.69) is 0 Å². The number of carbonyl (C=O) groups is 3. The smallest absolute Gasteiger partial charge is 0.282 e. The average Bonchev–Trinajstić information content (AvgIpc) is 2.80. The summed E-state index contributed by atoms with van der Waals surface area (Å²) in [5, 5.41) is 11.1. The number of unbranched alkanes of at least 4 members (excludes halogenated alkanes) is 1. The number of benzene rings is 1. The Kier molecular flexibility index (Phi) is 5.28. The number of carbonyl (C=O) groups excluding carboxylic acids is 3. The number of rotatable bonds is 7. The Morgan fingerprint density at radius 2 is 1.96 bits per heavy atom. The van der Waals surface area contributed by atoms with Crippen molar-refractivity contribution in [2.45, 2.75) is 26.7 Å². The van der Waals surface area contributed by atoms with Crippen molar-refractivity contribution >= 4 is 23.4 Å². The molecule has 0 spiro atoms. The van der Waals surface area contributed by atoms with E-state index >= 15 is 0 Å². The average molecular weight is 333 g/mol. The molecule has 8 nitrogen and oxygen atoms in total. The highest BCUT2D eigenvalue weighted by Gasteiger charge is 2.42. The van der Waals surface area contributed by atoms with Gasteiger partial charge in [0.25, 0.3) is 17.5 Å². The number of nitro benzene ring substituents is 1. The Balaban J connectivity index is 2.23. The van der Waals surface area contributed by atoms with Gasteiger partial charge in [-0.15, -0.1) is 0 Å².